The maximum atomic E-state index is 13.3. The summed E-state index contributed by atoms with van der Waals surface area (Å²) in [7, 11) is 0. The Hall–Kier alpha value is -1.49. The Morgan fingerprint density at radius 1 is 1.50 bits per heavy atom. The van der Waals surface area contributed by atoms with Gasteiger partial charge in [-0.1, -0.05) is 12.1 Å². The van der Waals surface area contributed by atoms with Crippen LogP contribution in [0.2, 0.25) is 0 Å². The van der Waals surface area contributed by atoms with E-state index in [1.54, 1.807) is 17.0 Å². The summed E-state index contributed by atoms with van der Waals surface area (Å²) in [4.78, 5) is 12.1. The van der Waals surface area contributed by atoms with Gasteiger partial charge in [0, 0.05) is 19.6 Å². The van der Waals surface area contributed by atoms with Gasteiger partial charge in [-0.05, 0) is 17.7 Å². The van der Waals surface area contributed by atoms with Gasteiger partial charge in [0.1, 0.15) is 5.82 Å². The lowest BCUT2D eigenvalue weighted by Gasteiger charge is -2.41. The van der Waals surface area contributed by atoms with Crippen LogP contribution in [-0.4, -0.2) is 34.7 Å². The first-order chi connectivity index (χ1) is 7.49. The Kier molecular flexibility index (Phi) is 2.63. The first-order valence-corrected chi connectivity index (χ1v) is 4.89. The Labute approximate surface area is 91.3 Å². The summed E-state index contributed by atoms with van der Waals surface area (Å²) in [5, 5.41) is 8.56. The second-order valence-electron chi connectivity index (χ2n) is 4.05. The quantitative estimate of drug-likeness (QED) is 0.849. The molecule has 0 amide bonds. The van der Waals surface area contributed by atoms with Gasteiger partial charge in [-0.25, -0.2) is 13.6 Å². The van der Waals surface area contributed by atoms with Crippen LogP contribution in [0.4, 0.5) is 8.78 Å². The fourth-order valence-corrected chi connectivity index (χ4v) is 1.80. The molecular formula is C11H11F2NO2. The van der Waals surface area contributed by atoms with Crippen molar-refractivity contribution < 1.29 is 18.7 Å². The summed E-state index contributed by atoms with van der Waals surface area (Å²) in [5.41, 5.74) is -1.42. The van der Waals surface area contributed by atoms with Crippen LogP contribution >= 0.6 is 0 Å². The van der Waals surface area contributed by atoms with Crippen LogP contribution in [-0.2, 0) is 11.3 Å². The summed E-state index contributed by atoms with van der Waals surface area (Å²) < 4.78 is 26.2. The van der Waals surface area contributed by atoms with E-state index in [0.717, 1.165) is 0 Å². The highest BCUT2D eigenvalue weighted by atomic mass is 19.1. The Balaban J connectivity index is 1.93. The van der Waals surface area contributed by atoms with Crippen molar-refractivity contribution in [3.05, 3.63) is 35.6 Å². The average Bonchev–Trinajstić information content (AvgIpc) is 2.14. The lowest BCUT2D eigenvalue weighted by atomic mass is 9.96. The molecule has 0 unspecified atom stereocenters. The summed E-state index contributed by atoms with van der Waals surface area (Å²) in [6, 6.07) is 5.99. The van der Waals surface area contributed by atoms with Crippen LogP contribution in [0.15, 0.2) is 24.3 Å². The van der Waals surface area contributed by atoms with E-state index >= 15 is 0 Å². The summed E-state index contributed by atoms with van der Waals surface area (Å²) in [6.07, 6.45) is 0. The molecule has 3 nitrogen and oxygen atoms in total. The molecule has 0 aliphatic carbocycles. The lowest BCUT2D eigenvalue weighted by Crippen LogP contribution is -2.62. The smallest absolute Gasteiger partial charge is 0.344 e. The topological polar surface area (TPSA) is 40.5 Å². The van der Waals surface area contributed by atoms with Crippen molar-refractivity contribution in [3.8, 4) is 0 Å². The van der Waals surface area contributed by atoms with Gasteiger partial charge >= 0.3 is 5.97 Å². The van der Waals surface area contributed by atoms with E-state index in [4.69, 9.17) is 5.11 Å². The van der Waals surface area contributed by atoms with Crippen molar-refractivity contribution in [2.24, 2.45) is 0 Å². The van der Waals surface area contributed by atoms with Crippen molar-refractivity contribution in [1.82, 2.24) is 4.90 Å². The van der Waals surface area contributed by atoms with Crippen molar-refractivity contribution in [1.29, 1.82) is 0 Å². The third-order valence-corrected chi connectivity index (χ3v) is 2.63. The largest absolute Gasteiger partial charge is 0.479 e. The molecule has 86 valence electrons. The third kappa shape index (κ3) is 2.04. The standard InChI is InChI=1S/C11H11F2NO2/c12-9-3-1-2-8(4-9)5-14-6-11(13,7-14)10(15)16/h1-4H,5-7H2,(H,15,16). The van der Waals surface area contributed by atoms with Gasteiger partial charge in [-0.2, -0.15) is 0 Å². The molecule has 0 aromatic heterocycles. The fraction of sp³-hybridized carbons (Fsp3) is 0.364. The van der Waals surface area contributed by atoms with E-state index in [2.05, 4.69) is 0 Å². The second kappa shape index (κ2) is 3.83. The predicted octanol–water partition coefficient (Wildman–Crippen LogP) is 1.43. The van der Waals surface area contributed by atoms with Crippen molar-refractivity contribution >= 4 is 5.97 Å². The summed E-state index contributed by atoms with van der Waals surface area (Å²) >= 11 is 0. The molecule has 0 saturated carbocycles. The normalized spacial score (nSPS) is 19.1. The molecule has 1 N–H and O–H groups in total. The van der Waals surface area contributed by atoms with Crippen molar-refractivity contribution in [3.63, 3.8) is 0 Å². The number of halogens is 2. The van der Waals surface area contributed by atoms with Gasteiger partial charge in [0.2, 0.25) is 5.67 Å². The van der Waals surface area contributed by atoms with E-state index < -0.39 is 11.6 Å². The first-order valence-electron chi connectivity index (χ1n) is 4.89. The minimum atomic E-state index is -2.13. The molecule has 0 spiro atoms. The number of alkyl halides is 1. The van der Waals surface area contributed by atoms with E-state index in [1.165, 1.54) is 12.1 Å². The number of benzene rings is 1. The zero-order valence-corrected chi connectivity index (χ0v) is 8.49. The van der Waals surface area contributed by atoms with Crippen LogP contribution in [0.3, 0.4) is 0 Å². The average molecular weight is 227 g/mol. The van der Waals surface area contributed by atoms with Crippen LogP contribution < -0.4 is 0 Å². The van der Waals surface area contributed by atoms with Gasteiger partial charge in [0.25, 0.3) is 0 Å². The molecule has 1 aromatic carbocycles. The number of carbonyl (C=O) groups is 1. The fourth-order valence-electron chi connectivity index (χ4n) is 1.80. The monoisotopic (exact) mass is 227 g/mol. The maximum Gasteiger partial charge on any atom is 0.344 e. The van der Waals surface area contributed by atoms with E-state index in [1.807, 2.05) is 0 Å². The maximum absolute atomic E-state index is 13.3. The predicted molar refractivity (Wildman–Crippen MR) is 53.2 cm³/mol. The zero-order chi connectivity index (χ0) is 11.8. The molecule has 1 saturated heterocycles. The molecule has 0 bridgehead atoms. The van der Waals surface area contributed by atoms with E-state index in [0.29, 0.717) is 12.1 Å². The number of carboxylic acid groups (broad SMARTS) is 1. The number of carboxylic acids is 1. The van der Waals surface area contributed by atoms with Gasteiger partial charge in [0.05, 0.1) is 0 Å². The third-order valence-electron chi connectivity index (χ3n) is 2.63. The zero-order valence-electron chi connectivity index (χ0n) is 8.49. The van der Waals surface area contributed by atoms with Crippen molar-refractivity contribution in [2.75, 3.05) is 13.1 Å². The number of hydrogen-bond donors (Lipinski definition) is 1. The Bertz CT molecular complexity index is 416. The van der Waals surface area contributed by atoms with Gasteiger partial charge in [-0.15, -0.1) is 0 Å². The lowest BCUT2D eigenvalue weighted by molar-refractivity contribution is -0.164. The highest BCUT2D eigenvalue weighted by molar-refractivity contribution is 5.79. The molecular weight excluding hydrogens is 216 g/mol. The molecule has 2 rings (SSSR count). The minimum Gasteiger partial charge on any atom is -0.479 e. The second-order valence-corrected chi connectivity index (χ2v) is 4.05. The Morgan fingerprint density at radius 3 is 2.75 bits per heavy atom. The van der Waals surface area contributed by atoms with Crippen molar-refractivity contribution in [2.45, 2.75) is 12.2 Å². The summed E-state index contributed by atoms with van der Waals surface area (Å²) in [6.45, 7) is 0.0917. The molecule has 1 aliphatic heterocycles. The number of hydrogen-bond acceptors (Lipinski definition) is 2. The van der Waals surface area contributed by atoms with Gasteiger partial charge in [0.15, 0.2) is 0 Å². The molecule has 1 aromatic rings. The number of likely N-dealkylation sites (tertiary alicyclic amines) is 1. The van der Waals surface area contributed by atoms with Crippen LogP contribution in [0.5, 0.6) is 0 Å². The molecule has 0 radical (unpaired) electrons. The molecule has 1 heterocycles. The van der Waals surface area contributed by atoms with Gasteiger partial charge in [-0.3, -0.25) is 4.90 Å². The number of nitrogens with zero attached hydrogens (tertiary/aromatic N) is 1. The molecule has 16 heavy (non-hydrogen) atoms. The van der Waals surface area contributed by atoms with Gasteiger partial charge < -0.3 is 5.11 Å². The van der Waals surface area contributed by atoms with Crippen LogP contribution in [0, 0.1) is 5.82 Å². The van der Waals surface area contributed by atoms with Crippen LogP contribution in [0.25, 0.3) is 0 Å². The molecule has 5 heteroatoms. The molecule has 0 atom stereocenters. The van der Waals surface area contributed by atoms with E-state index in [9.17, 15) is 13.6 Å². The minimum absolute atomic E-state index is 0.140. The number of rotatable bonds is 3. The van der Waals surface area contributed by atoms with E-state index in [-0.39, 0.29) is 18.9 Å². The SMILES string of the molecule is O=C(O)C1(F)CN(Cc2cccc(F)c2)C1. The first kappa shape index (κ1) is 11.0. The van der Waals surface area contributed by atoms with Crippen LogP contribution in [0.1, 0.15) is 5.56 Å². The highest BCUT2D eigenvalue weighted by Crippen LogP contribution is 2.27. The number of aliphatic carboxylic acids is 1. The summed E-state index contributed by atoms with van der Waals surface area (Å²) in [5.74, 6) is -1.77. The molecule has 1 aliphatic rings. The highest BCUT2D eigenvalue weighted by Gasteiger charge is 2.50. The molecule has 1 fully saturated rings. The Morgan fingerprint density at radius 2 is 2.19 bits per heavy atom.